The molecular formula is C11H7Cl3N4O. The third kappa shape index (κ3) is 3.47. The lowest BCUT2D eigenvalue weighted by Crippen LogP contribution is -2.30. The van der Waals surface area contributed by atoms with Gasteiger partial charge in [-0.2, -0.15) is 0 Å². The third-order valence-electron chi connectivity index (χ3n) is 2.13. The molecule has 0 fully saturated rings. The van der Waals surface area contributed by atoms with Gasteiger partial charge in [0.1, 0.15) is 0 Å². The van der Waals surface area contributed by atoms with Crippen molar-refractivity contribution in [2.24, 2.45) is 0 Å². The second-order valence-electron chi connectivity index (χ2n) is 3.42. The predicted molar refractivity (Wildman–Crippen MR) is 74.6 cm³/mol. The molecular weight excluding hydrogens is 311 g/mol. The van der Waals surface area contributed by atoms with Crippen LogP contribution in [0.1, 0.15) is 10.4 Å². The number of nitrogens with one attached hydrogen (secondary N) is 2. The third-order valence-corrected chi connectivity index (χ3v) is 2.96. The molecule has 8 heteroatoms. The first-order valence-corrected chi connectivity index (χ1v) is 6.21. The molecule has 5 nitrogen and oxygen atoms in total. The Hall–Kier alpha value is -1.56. The Morgan fingerprint density at radius 2 is 1.68 bits per heavy atom. The molecule has 1 amide bonds. The summed E-state index contributed by atoms with van der Waals surface area (Å²) in [4.78, 5) is 11.9. The Balaban J connectivity index is 2.07. The number of anilines is 1. The molecule has 0 unspecified atom stereocenters. The molecule has 19 heavy (non-hydrogen) atoms. The first kappa shape index (κ1) is 13.9. The highest BCUT2D eigenvalue weighted by molar-refractivity contribution is 6.39. The smallest absolute Gasteiger partial charge is 0.272 e. The molecule has 98 valence electrons. The van der Waals surface area contributed by atoms with Gasteiger partial charge in [-0.15, -0.1) is 10.2 Å². The number of rotatable bonds is 3. The normalized spacial score (nSPS) is 10.1. The topological polar surface area (TPSA) is 66.9 Å². The lowest BCUT2D eigenvalue weighted by atomic mass is 10.2. The molecule has 1 aromatic heterocycles. The summed E-state index contributed by atoms with van der Waals surface area (Å²) < 4.78 is 0. The molecule has 0 radical (unpaired) electrons. The van der Waals surface area contributed by atoms with Crippen LogP contribution < -0.4 is 10.9 Å². The number of carbonyl (C=O) groups is 1. The molecule has 2 aromatic rings. The van der Waals surface area contributed by atoms with Gasteiger partial charge in [0.05, 0.1) is 15.6 Å². The van der Waals surface area contributed by atoms with Gasteiger partial charge in [0.25, 0.3) is 5.91 Å². The molecule has 0 saturated heterocycles. The van der Waals surface area contributed by atoms with Crippen LogP contribution in [0.15, 0.2) is 30.3 Å². The van der Waals surface area contributed by atoms with Crippen LogP contribution in [-0.4, -0.2) is 16.1 Å². The Kier molecular flexibility index (Phi) is 4.42. The van der Waals surface area contributed by atoms with Gasteiger partial charge in [0.2, 0.25) is 0 Å². The van der Waals surface area contributed by atoms with Gasteiger partial charge in [-0.05, 0) is 24.3 Å². The van der Waals surface area contributed by atoms with Crippen molar-refractivity contribution in [1.29, 1.82) is 0 Å². The summed E-state index contributed by atoms with van der Waals surface area (Å²) in [5, 5.41) is 8.10. The highest BCUT2D eigenvalue weighted by atomic mass is 35.5. The fourth-order valence-electron chi connectivity index (χ4n) is 1.28. The van der Waals surface area contributed by atoms with Gasteiger partial charge in [-0.3, -0.25) is 15.6 Å². The number of benzene rings is 1. The van der Waals surface area contributed by atoms with Crippen molar-refractivity contribution in [1.82, 2.24) is 15.6 Å². The molecule has 2 rings (SSSR count). The molecule has 0 saturated carbocycles. The summed E-state index contributed by atoms with van der Waals surface area (Å²) in [6, 6.07) is 7.89. The monoisotopic (exact) mass is 316 g/mol. The lowest BCUT2D eigenvalue weighted by Gasteiger charge is -2.09. The van der Waals surface area contributed by atoms with E-state index in [1.807, 2.05) is 0 Å². The summed E-state index contributed by atoms with van der Waals surface area (Å²) >= 11 is 17.4. The zero-order valence-corrected chi connectivity index (χ0v) is 11.6. The van der Waals surface area contributed by atoms with Crippen LogP contribution in [0.2, 0.25) is 15.2 Å². The van der Waals surface area contributed by atoms with E-state index in [2.05, 4.69) is 21.0 Å². The summed E-state index contributed by atoms with van der Waals surface area (Å²) in [5.41, 5.74) is 5.17. The van der Waals surface area contributed by atoms with Gasteiger partial charge in [0.15, 0.2) is 11.0 Å². The number of halogens is 3. The fraction of sp³-hybridized carbons (Fsp3) is 0. The van der Waals surface area contributed by atoms with Gasteiger partial charge in [-0.25, -0.2) is 0 Å². The number of nitrogens with zero attached hydrogens (tertiary/aromatic N) is 2. The van der Waals surface area contributed by atoms with Gasteiger partial charge >= 0.3 is 0 Å². The van der Waals surface area contributed by atoms with Gasteiger partial charge in [0, 0.05) is 0 Å². The van der Waals surface area contributed by atoms with Crippen molar-refractivity contribution in [3.05, 3.63) is 51.1 Å². The Morgan fingerprint density at radius 3 is 2.26 bits per heavy atom. The van der Waals surface area contributed by atoms with Crippen LogP contribution in [0.3, 0.4) is 0 Å². The van der Waals surface area contributed by atoms with E-state index in [4.69, 9.17) is 34.8 Å². The zero-order chi connectivity index (χ0) is 13.8. The molecule has 1 heterocycles. The van der Waals surface area contributed by atoms with Crippen molar-refractivity contribution in [3.8, 4) is 0 Å². The van der Waals surface area contributed by atoms with Crippen molar-refractivity contribution < 1.29 is 4.79 Å². The SMILES string of the molecule is O=C(NNc1ccc(Cl)nn1)c1c(Cl)cccc1Cl. The number of carbonyl (C=O) groups excluding carboxylic acids is 1. The van der Waals surface area contributed by atoms with E-state index in [9.17, 15) is 4.79 Å². The van der Waals surface area contributed by atoms with Gasteiger partial charge < -0.3 is 0 Å². The van der Waals surface area contributed by atoms with Crippen LogP contribution >= 0.6 is 34.8 Å². The highest BCUT2D eigenvalue weighted by Gasteiger charge is 2.14. The molecule has 0 aliphatic rings. The Morgan fingerprint density at radius 1 is 1.00 bits per heavy atom. The highest BCUT2D eigenvalue weighted by Crippen LogP contribution is 2.23. The average molecular weight is 318 g/mol. The number of amides is 1. The molecule has 0 atom stereocenters. The minimum atomic E-state index is -0.479. The maximum absolute atomic E-state index is 11.9. The van der Waals surface area contributed by atoms with Crippen LogP contribution in [0.5, 0.6) is 0 Å². The van der Waals surface area contributed by atoms with E-state index in [-0.39, 0.29) is 20.8 Å². The second kappa shape index (κ2) is 6.06. The van der Waals surface area contributed by atoms with E-state index in [0.717, 1.165) is 0 Å². The van der Waals surface area contributed by atoms with E-state index in [0.29, 0.717) is 5.82 Å². The summed E-state index contributed by atoms with van der Waals surface area (Å²) in [6.07, 6.45) is 0. The second-order valence-corrected chi connectivity index (χ2v) is 4.62. The maximum Gasteiger partial charge on any atom is 0.272 e. The van der Waals surface area contributed by atoms with Crippen LogP contribution in [0, 0.1) is 0 Å². The summed E-state index contributed by atoms with van der Waals surface area (Å²) in [7, 11) is 0. The number of hydrogen-bond acceptors (Lipinski definition) is 4. The standard InChI is InChI=1S/C11H7Cl3N4O/c12-6-2-1-3-7(13)10(6)11(19)18-17-9-5-4-8(14)15-16-9/h1-5H,(H,16,17)(H,18,19). The van der Waals surface area contributed by atoms with Gasteiger partial charge in [-0.1, -0.05) is 40.9 Å². The van der Waals surface area contributed by atoms with Crippen molar-refractivity contribution in [2.45, 2.75) is 0 Å². The minimum absolute atomic E-state index is 0.181. The van der Waals surface area contributed by atoms with Crippen molar-refractivity contribution >= 4 is 46.5 Å². The number of aromatic nitrogens is 2. The van der Waals surface area contributed by atoms with Crippen LogP contribution in [0.4, 0.5) is 5.82 Å². The maximum atomic E-state index is 11.9. The zero-order valence-electron chi connectivity index (χ0n) is 9.32. The molecule has 0 spiro atoms. The quantitative estimate of drug-likeness (QED) is 0.853. The fourth-order valence-corrected chi connectivity index (χ4v) is 1.95. The van der Waals surface area contributed by atoms with Crippen molar-refractivity contribution in [2.75, 3.05) is 5.43 Å². The van der Waals surface area contributed by atoms with E-state index < -0.39 is 5.91 Å². The molecule has 0 aliphatic heterocycles. The van der Waals surface area contributed by atoms with Crippen molar-refractivity contribution in [3.63, 3.8) is 0 Å². The van der Waals surface area contributed by atoms with E-state index >= 15 is 0 Å². The molecule has 0 aliphatic carbocycles. The Bertz CT molecular complexity index is 583. The first-order valence-electron chi connectivity index (χ1n) is 5.07. The largest absolute Gasteiger partial charge is 0.280 e. The molecule has 0 bridgehead atoms. The number of hydrogen-bond donors (Lipinski definition) is 2. The predicted octanol–water partition coefficient (Wildman–Crippen LogP) is 3.19. The lowest BCUT2D eigenvalue weighted by molar-refractivity contribution is 0.0963. The van der Waals surface area contributed by atoms with Crippen LogP contribution in [0.25, 0.3) is 0 Å². The molecule has 2 N–H and O–H groups in total. The molecule has 1 aromatic carbocycles. The average Bonchev–Trinajstić information content (AvgIpc) is 2.38. The summed E-state index contributed by atoms with van der Waals surface area (Å²) in [5.74, 6) is -0.145. The summed E-state index contributed by atoms with van der Waals surface area (Å²) in [6.45, 7) is 0. The number of hydrazine groups is 1. The van der Waals surface area contributed by atoms with E-state index in [1.165, 1.54) is 6.07 Å². The first-order chi connectivity index (χ1) is 9.08. The minimum Gasteiger partial charge on any atom is -0.280 e. The van der Waals surface area contributed by atoms with E-state index in [1.54, 1.807) is 24.3 Å². The van der Waals surface area contributed by atoms with Crippen LogP contribution in [-0.2, 0) is 0 Å². The Labute approximate surface area is 123 Å².